The number of halogens is 2. The maximum Gasteiger partial charge on any atom is 0.0875 e. The Morgan fingerprint density at radius 2 is 2.00 bits per heavy atom. The van der Waals surface area contributed by atoms with Crippen molar-refractivity contribution in [2.45, 2.75) is 50.9 Å². The van der Waals surface area contributed by atoms with E-state index in [4.69, 9.17) is 22.1 Å². The number of anilines is 1. The van der Waals surface area contributed by atoms with E-state index in [0.29, 0.717) is 11.6 Å². The second-order valence-corrected chi connectivity index (χ2v) is 7.85. The Morgan fingerprint density at radius 1 is 1.35 bits per heavy atom. The fourth-order valence-electron chi connectivity index (χ4n) is 3.18. The summed E-state index contributed by atoms with van der Waals surface area (Å²) in [7, 11) is 0. The number of nitrogens with one attached hydrogen (secondary N) is 1. The van der Waals surface area contributed by atoms with Gasteiger partial charge in [-0.25, -0.2) is 0 Å². The van der Waals surface area contributed by atoms with Crippen LogP contribution in [0.2, 0.25) is 5.02 Å². The van der Waals surface area contributed by atoms with Crippen LogP contribution in [-0.2, 0) is 4.74 Å². The van der Waals surface area contributed by atoms with Crippen LogP contribution in [0.15, 0.2) is 22.7 Å². The van der Waals surface area contributed by atoms with E-state index in [0.717, 1.165) is 16.6 Å². The highest BCUT2D eigenvalue weighted by atomic mass is 79.9. The smallest absolute Gasteiger partial charge is 0.0875 e. The van der Waals surface area contributed by atoms with Crippen molar-refractivity contribution in [2.75, 3.05) is 11.9 Å². The van der Waals surface area contributed by atoms with Gasteiger partial charge < -0.3 is 15.8 Å². The molecular weight excluding hydrogens is 340 g/mol. The number of hydrogen-bond donors (Lipinski definition) is 2. The zero-order chi connectivity index (χ0) is 15.2. The van der Waals surface area contributed by atoms with Crippen molar-refractivity contribution in [3.63, 3.8) is 0 Å². The van der Waals surface area contributed by atoms with E-state index < -0.39 is 0 Å². The average molecular weight is 362 g/mol. The highest BCUT2D eigenvalue weighted by Crippen LogP contribution is 2.46. The first-order chi connectivity index (χ1) is 9.11. The van der Waals surface area contributed by atoms with Crippen LogP contribution in [-0.4, -0.2) is 23.3 Å². The molecular formula is C15H22BrClN2O. The van der Waals surface area contributed by atoms with Gasteiger partial charge >= 0.3 is 0 Å². The van der Waals surface area contributed by atoms with E-state index in [1.807, 2.05) is 18.2 Å². The Bertz CT molecular complexity index is 519. The Hall–Kier alpha value is -0.290. The Morgan fingerprint density at radius 3 is 2.45 bits per heavy atom. The number of hydrogen-bond acceptors (Lipinski definition) is 3. The molecule has 5 heteroatoms. The normalized spacial score (nSPS) is 27.6. The van der Waals surface area contributed by atoms with Crippen LogP contribution in [0.1, 0.15) is 34.1 Å². The number of rotatable bonds is 3. The van der Waals surface area contributed by atoms with Gasteiger partial charge in [0.2, 0.25) is 0 Å². The maximum absolute atomic E-state index is 6.19. The van der Waals surface area contributed by atoms with E-state index >= 15 is 0 Å². The lowest BCUT2D eigenvalue weighted by molar-refractivity contribution is -0.0753. The number of ether oxygens (including phenoxy) is 1. The van der Waals surface area contributed by atoms with Gasteiger partial charge in [-0.1, -0.05) is 11.6 Å². The van der Waals surface area contributed by atoms with Gasteiger partial charge in [0, 0.05) is 23.1 Å². The highest BCUT2D eigenvalue weighted by Gasteiger charge is 2.56. The summed E-state index contributed by atoms with van der Waals surface area (Å²) in [5, 5.41) is 4.27. The highest BCUT2D eigenvalue weighted by molar-refractivity contribution is 9.10. The lowest BCUT2D eigenvalue weighted by atomic mass is 9.78. The zero-order valence-electron chi connectivity index (χ0n) is 12.4. The molecule has 112 valence electrons. The van der Waals surface area contributed by atoms with Crippen LogP contribution in [0.3, 0.4) is 0 Å². The van der Waals surface area contributed by atoms with Gasteiger partial charge in [-0.15, -0.1) is 0 Å². The Labute approximate surface area is 134 Å². The van der Waals surface area contributed by atoms with E-state index in [1.54, 1.807) is 0 Å². The molecule has 1 aromatic carbocycles. The predicted octanol–water partition coefficient (Wildman–Crippen LogP) is 4.19. The molecule has 0 aliphatic carbocycles. The third kappa shape index (κ3) is 2.84. The number of benzene rings is 1. The van der Waals surface area contributed by atoms with Crippen molar-refractivity contribution in [2.24, 2.45) is 5.73 Å². The molecule has 1 aliphatic heterocycles. The maximum atomic E-state index is 6.19. The third-order valence-corrected chi connectivity index (χ3v) is 5.28. The zero-order valence-corrected chi connectivity index (χ0v) is 14.7. The molecule has 1 atom stereocenters. The second kappa shape index (κ2) is 5.16. The largest absolute Gasteiger partial charge is 0.375 e. The van der Waals surface area contributed by atoms with Crippen molar-refractivity contribution in [3.8, 4) is 0 Å². The molecule has 0 aromatic heterocycles. The summed E-state index contributed by atoms with van der Waals surface area (Å²) in [6.07, 6.45) is 0.851. The summed E-state index contributed by atoms with van der Waals surface area (Å²) in [5.41, 5.74) is 6.24. The van der Waals surface area contributed by atoms with E-state index in [2.05, 4.69) is 48.9 Å². The van der Waals surface area contributed by atoms with Crippen LogP contribution in [0.5, 0.6) is 0 Å². The lowest BCUT2D eigenvalue weighted by Crippen LogP contribution is -2.57. The van der Waals surface area contributed by atoms with Crippen LogP contribution in [0, 0.1) is 0 Å². The summed E-state index contributed by atoms with van der Waals surface area (Å²) in [6.45, 7) is 8.89. The molecule has 0 amide bonds. The summed E-state index contributed by atoms with van der Waals surface area (Å²) >= 11 is 9.49. The van der Waals surface area contributed by atoms with Gasteiger partial charge in [-0.2, -0.15) is 0 Å². The topological polar surface area (TPSA) is 47.3 Å². The SMILES string of the molecule is CC1(C)CC(CN)(Nc2ccc(Cl)c(Br)c2)C(C)(C)O1. The van der Waals surface area contributed by atoms with E-state index in [-0.39, 0.29) is 16.7 Å². The van der Waals surface area contributed by atoms with Crippen molar-refractivity contribution in [3.05, 3.63) is 27.7 Å². The van der Waals surface area contributed by atoms with Crippen LogP contribution >= 0.6 is 27.5 Å². The van der Waals surface area contributed by atoms with Crippen LogP contribution in [0.4, 0.5) is 5.69 Å². The number of nitrogens with two attached hydrogens (primary N) is 1. The summed E-state index contributed by atoms with van der Waals surface area (Å²) in [6, 6.07) is 5.80. The Kier molecular flexibility index (Phi) is 4.15. The molecule has 1 unspecified atom stereocenters. The van der Waals surface area contributed by atoms with E-state index in [9.17, 15) is 0 Å². The molecule has 3 nitrogen and oxygen atoms in total. The minimum absolute atomic E-state index is 0.195. The van der Waals surface area contributed by atoms with Crippen LogP contribution in [0.25, 0.3) is 0 Å². The first kappa shape index (κ1) is 16.1. The van der Waals surface area contributed by atoms with E-state index in [1.165, 1.54) is 0 Å². The average Bonchev–Trinajstić information content (AvgIpc) is 2.49. The summed E-state index contributed by atoms with van der Waals surface area (Å²) < 4.78 is 7.06. The lowest BCUT2D eigenvalue weighted by Gasteiger charge is -2.40. The van der Waals surface area contributed by atoms with Gasteiger partial charge in [0.1, 0.15) is 0 Å². The Balaban J connectivity index is 2.35. The summed E-state index contributed by atoms with van der Waals surface area (Å²) in [4.78, 5) is 0. The first-order valence-electron chi connectivity index (χ1n) is 6.74. The first-order valence-corrected chi connectivity index (χ1v) is 7.91. The molecule has 2 rings (SSSR count). The van der Waals surface area contributed by atoms with Crippen molar-refractivity contribution < 1.29 is 4.74 Å². The van der Waals surface area contributed by atoms with Gasteiger partial charge in [-0.3, -0.25) is 0 Å². The fourth-order valence-corrected chi connectivity index (χ4v) is 3.67. The molecule has 20 heavy (non-hydrogen) atoms. The molecule has 0 bridgehead atoms. The van der Waals surface area contributed by atoms with Gasteiger partial charge in [0.25, 0.3) is 0 Å². The predicted molar refractivity (Wildman–Crippen MR) is 88.4 cm³/mol. The summed E-state index contributed by atoms with van der Waals surface area (Å²) in [5.74, 6) is 0. The molecule has 1 aliphatic rings. The molecule has 0 radical (unpaired) electrons. The third-order valence-electron chi connectivity index (χ3n) is 4.06. The molecule has 1 aromatic rings. The molecule has 1 fully saturated rings. The van der Waals surface area contributed by atoms with Crippen molar-refractivity contribution in [1.82, 2.24) is 0 Å². The van der Waals surface area contributed by atoms with Gasteiger partial charge in [0.05, 0.1) is 21.8 Å². The molecule has 1 saturated heterocycles. The van der Waals surface area contributed by atoms with Crippen LogP contribution < -0.4 is 11.1 Å². The minimum Gasteiger partial charge on any atom is -0.375 e. The molecule has 0 saturated carbocycles. The van der Waals surface area contributed by atoms with Gasteiger partial charge in [-0.05, 0) is 61.8 Å². The van der Waals surface area contributed by atoms with Crippen molar-refractivity contribution >= 4 is 33.2 Å². The molecule has 0 spiro atoms. The minimum atomic E-state index is -0.350. The standard InChI is InChI=1S/C15H22BrClN2O/c1-13(2)8-15(9-18,14(3,4)20-13)19-10-5-6-12(17)11(16)7-10/h5-7,19H,8-9,18H2,1-4H3. The second-order valence-electron chi connectivity index (χ2n) is 6.59. The quantitative estimate of drug-likeness (QED) is 0.848. The monoisotopic (exact) mass is 360 g/mol. The molecule has 3 N–H and O–H groups in total. The molecule has 1 heterocycles. The fraction of sp³-hybridized carbons (Fsp3) is 0.600. The van der Waals surface area contributed by atoms with Crippen molar-refractivity contribution in [1.29, 1.82) is 0 Å². The van der Waals surface area contributed by atoms with Gasteiger partial charge in [0.15, 0.2) is 0 Å².